The molecule has 4 unspecified atom stereocenters. The second-order valence-electron chi connectivity index (χ2n) is 8.96. The van der Waals surface area contributed by atoms with Crippen molar-refractivity contribution in [3.05, 3.63) is 0 Å². The van der Waals surface area contributed by atoms with E-state index in [1.807, 2.05) is 6.92 Å². The van der Waals surface area contributed by atoms with Crippen LogP contribution < -0.4 is 0 Å². The standard InChI is InChI=1S/C24H36N4O2/c1-4-6-7-8-9-10-11-12-13-15-20-23(16-25,17-26)24(18-27)19(14-5-2)22(3,29-20)30-21(24)28/h19-20,28H,4-15H2,1-3H3. The summed E-state index contributed by atoms with van der Waals surface area (Å²) in [5.74, 6) is -1.93. The average Bonchev–Trinajstić information content (AvgIpc) is 2.90. The molecule has 1 N–H and O–H groups in total. The highest BCUT2D eigenvalue weighted by Gasteiger charge is 2.78. The van der Waals surface area contributed by atoms with Gasteiger partial charge in [0, 0.05) is 6.92 Å². The fourth-order valence-electron chi connectivity index (χ4n) is 5.34. The van der Waals surface area contributed by atoms with Gasteiger partial charge in [0.25, 0.3) is 0 Å². The molecule has 0 aromatic heterocycles. The van der Waals surface area contributed by atoms with E-state index in [-0.39, 0.29) is 5.90 Å². The molecular weight excluding hydrogens is 376 g/mol. The molecular formula is C24H36N4O2. The predicted molar refractivity (Wildman–Crippen MR) is 114 cm³/mol. The van der Waals surface area contributed by atoms with Crippen molar-refractivity contribution in [1.82, 2.24) is 0 Å². The minimum absolute atomic E-state index is 0.288. The first-order valence-corrected chi connectivity index (χ1v) is 11.6. The maximum Gasteiger partial charge on any atom is 0.214 e. The lowest BCUT2D eigenvalue weighted by Crippen LogP contribution is -2.61. The lowest BCUT2D eigenvalue weighted by atomic mass is 9.53. The van der Waals surface area contributed by atoms with Gasteiger partial charge in [-0.05, 0) is 12.8 Å². The number of fused-ring (bicyclic) bond motifs is 2. The predicted octanol–water partition coefficient (Wildman–Crippen LogP) is 5.99. The van der Waals surface area contributed by atoms with Gasteiger partial charge in [0.1, 0.15) is 0 Å². The molecule has 2 rings (SSSR count). The molecule has 0 aliphatic carbocycles. The average molecular weight is 413 g/mol. The lowest BCUT2D eigenvalue weighted by molar-refractivity contribution is -0.272. The molecule has 2 aliphatic heterocycles. The molecule has 0 spiro atoms. The molecule has 30 heavy (non-hydrogen) atoms. The molecule has 2 bridgehead atoms. The van der Waals surface area contributed by atoms with E-state index >= 15 is 0 Å². The molecule has 0 aromatic rings. The van der Waals surface area contributed by atoms with Crippen molar-refractivity contribution in [3.63, 3.8) is 0 Å². The highest BCUT2D eigenvalue weighted by atomic mass is 16.7. The summed E-state index contributed by atoms with van der Waals surface area (Å²) >= 11 is 0. The molecule has 4 atom stereocenters. The summed E-state index contributed by atoms with van der Waals surface area (Å²) in [6.45, 7) is 5.95. The monoisotopic (exact) mass is 412 g/mol. The minimum Gasteiger partial charge on any atom is -0.448 e. The molecule has 6 heteroatoms. The summed E-state index contributed by atoms with van der Waals surface area (Å²) in [4.78, 5) is 0. The van der Waals surface area contributed by atoms with Crippen molar-refractivity contribution >= 4 is 5.90 Å². The minimum atomic E-state index is -1.73. The third-order valence-corrected chi connectivity index (χ3v) is 6.98. The molecule has 0 saturated carbocycles. The Morgan fingerprint density at radius 2 is 1.40 bits per heavy atom. The number of unbranched alkanes of at least 4 members (excludes halogenated alkanes) is 8. The van der Waals surface area contributed by atoms with E-state index in [1.54, 1.807) is 6.92 Å². The van der Waals surface area contributed by atoms with Crippen LogP contribution in [0.15, 0.2) is 0 Å². The highest BCUT2D eigenvalue weighted by molar-refractivity contribution is 5.89. The van der Waals surface area contributed by atoms with Crippen LogP contribution in [-0.4, -0.2) is 17.8 Å². The van der Waals surface area contributed by atoms with Gasteiger partial charge < -0.3 is 9.47 Å². The van der Waals surface area contributed by atoms with E-state index in [2.05, 4.69) is 25.1 Å². The largest absolute Gasteiger partial charge is 0.448 e. The SMILES string of the molecule is CCCCCCCCCCCC1OC2(C)OC(=N)C(C#N)(C2CCC)C1(C#N)C#N. The molecule has 2 saturated heterocycles. The molecule has 2 fully saturated rings. The number of hydrogen-bond acceptors (Lipinski definition) is 6. The van der Waals surface area contributed by atoms with Crippen molar-refractivity contribution in [2.45, 2.75) is 110 Å². The van der Waals surface area contributed by atoms with Crippen LogP contribution >= 0.6 is 0 Å². The third kappa shape index (κ3) is 3.93. The van der Waals surface area contributed by atoms with Crippen LogP contribution in [0.4, 0.5) is 0 Å². The van der Waals surface area contributed by atoms with Gasteiger partial charge in [-0.2, -0.15) is 15.8 Å². The number of hydrogen-bond donors (Lipinski definition) is 1. The Morgan fingerprint density at radius 1 is 0.833 bits per heavy atom. The third-order valence-electron chi connectivity index (χ3n) is 6.98. The number of nitrogens with one attached hydrogen (secondary N) is 1. The first-order valence-electron chi connectivity index (χ1n) is 11.6. The Balaban J connectivity index is 2.09. The van der Waals surface area contributed by atoms with Crippen LogP contribution in [0.1, 0.15) is 97.8 Å². The Kier molecular flexibility index (Phi) is 8.28. The van der Waals surface area contributed by atoms with Gasteiger partial charge in [-0.3, -0.25) is 5.41 Å². The lowest BCUT2D eigenvalue weighted by Gasteiger charge is -2.48. The summed E-state index contributed by atoms with van der Waals surface area (Å²) in [6, 6.07) is 6.45. The Morgan fingerprint density at radius 3 is 1.90 bits per heavy atom. The van der Waals surface area contributed by atoms with E-state index in [1.165, 1.54) is 38.5 Å². The van der Waals surface area contributed by atoms with Crippen LogP contribution in [0.25, 0.3) is 0 Å². The molecule has 0 amide bonds. The Labute approximate surface area is 181 Å². The van der Waals surface area contributed by atoms with Gasteiger partial charge in [-0.15, -0.1) is 0 Å². The van der Waals surface area contributed by atoms with E-state index in [4.69, 9.17) is 14.9 Å². The number of nitrogens with zero attached hydrogens (tertiary/aromatic N) is 3. The fourth-order valence-corrected chi connectivity index (χ4v) is 5.34. The van der Waals surface area contributed by atoms with Crippen molar-refractivity contribution in [2.24, 2.45) is 16.7 Å². The first kappa shape index (κ1) is 24.2. The van der Waals surface area contributed by atoms with Crippen molar-refractivity contribution < 1.29 is 9.47 Å². The molecule has 2 heterocycles. The van der Waals surface area contributed by atoms with Gasteiger partial charge in [-0.25, -0.2) is 0 Å². The van der Waals surface area contributed by atoms with Crippen LogP contribution in [-0.2, 0) is 9.47 Å². The second-order valence-corrected chi connectivity index (χ2v) is 8.96. The van der Waals surface area contributed by atoms with Crippen molar-refractivity contribution in [1.29, 1.82) is 21.2 Å². The van der Waals surface area contributed by atoms with E-state index in [0.29, 0.717) is 12.8 Å². The molecule has 164 valence electrons. The van der Waals surface area contributed by atoms with Gasteiger partial charge >= 0.3 is 0 Å². The van der Waals surface area contributed by atoms with E-state index in [9.17, 15) is 15.8 Å². The number of nitriles is 3. The zero-order valence-corrected chi connectivity index (χ0v) is 18.8. The summed E-state index contributed by atoms with van der Waals surface area (Å²) in [6.07, 6.45) is 11.6. The van der Waals surface area contributed by atoms with Crippen molar-refractivity contribution in [3.8, 4) is 18.2 Å². The van der Waals surface area contributed by atoms with E-state index in [0.717, 1.165) is 25.7 Å². The zero-order chi connectivity index (χ0) is 22.3. The van der Waals surface area contributed by atoms with Gasteiger partial charge in [0.2, 0.25) is 11.7 Å². The molecule has 0 radical (unpaired) electrons. The maximum absolute atomic E-state index is 10.2. The molecule has 6 nitrogen and oxygen atoms in total. The quantitative estimate of drug-likeness (QED) is 0.395. The topological polar surface area (TPSA) is 114 Å². The van der Waals surface area contributed by atoms with Crippen LogP contribution in [0.5, 0.6) is 0 Å². The van der Waals surface area contributed by atoms with Crippen LogP contribution in [0.3, 0.4) is 0 Å². The van der Waals surface area contributed by atoms with E-state index < -0.39 is 28.6 Å². The smallest absolute Gasteiger partial charge is 0.214 e. The van der Waals surface area contributed by atoms with Gasteiger partial charge in [-0.1, -0.05) is 78.1 Å². The van der Waals surface area contributed by atoms with Gasteiger partial charge in [0.05, 0.1) is 30.2 Å². The Hall–Kier alpha value is -2.10. The second kappa shape index (κ2) is 10.3. The first-order chi connectivity index (χ1) is 14.4. The maximum atomic E-state index is 10.2. The molecule has 0 aromatic carbocycles. The zero-order valence-electron chi connectivity index (χ0n) is 18.8. The van der Waals surface area contributed by atoms with Crippen LogP contribution in [0, 0.1) is 56.2 Å². The summed E-state index contributed by atoms with van der Waals surface area (Å²) < 4.78 is 12.0. The number of ether oxygens (including phenoxy) is 2. The van der Waals surface area contributed by atoms with Gasteiger partial charge in [0.15, 0.2) is 10.8 Å². The summed E-state index contributed by atoms with van der Waals surface area (Å²) in [5.41, 5.74) is -3.31. The Bertz CT molecular complexity index is 717. The fraction of sp³-hybridized carbons (Fsp3) is 0.833. The number of rotatable bonds is 12. The summed E-state index contributed by atoms with van der Waals surface area (Å²) in [5, 5.41) is 38.8. The normalized spacial score (nSPS) is 31.4. The van der Waals surface area contributed by atoms with Crippen molar-refractivity contribution in [2.75, 3.05) is 0 Å². The molecule has 2 aliphatic rings. The highest BCUT2D eigenvalue weighted by Crippen LogP contribution is 2.64. The summed E-state index contributed by atoms with van der Waals surface area (Å²) in [7, 11) is 0. The van der Waals surface area contributed by atoms with Crippen LogP contribution in [0.2, 0.25) is 0 Å².